The van der Waals surface area contributed by atoms with E-state index in [0.717, 1.165) is 17.9 Å². The van der Waals surface area contributed by atoms with E-state index in [9.17, 15) is 0 Å². The standard InChI is InChI=1S/C14H15O/c1-11-3-7-13(8-4-11)15-14-9-5-12(2)6-10-14/h3-9H,10H2,1-2H3. The van der Waals surface area contributed by atoms with Crippen LogP contribution >= 0.6 is 0 Å². The molecule has 0 bridgehead atoms. The van der Waals surface area contributed by atoms with E-state index in [2.05, 4.69) is 38.5 Å². The minimum absolute atomic E-state index is 0.885. The predicted molar refractivity (Wildman–Crippen MR) is 62.6 cm³/mol. The highest BCUT2D eigenvalue weighted by molar-refractivity contribution is 5.32. The maximum absolute atomic E-state index is 5.74. The largest absolute Gasteiger partial charge is 0.462 e. The quantitative estimate of drug-likeness (QED) is 0.703. The Morgan fingerprint density at radius 3 is 2.40 bits per heavy atom. The van der Waals surface area contributed by atoms with Crippen molar-refractivity contribution < 1.29 is 4.74 Å². The molecular formula is C14H15O. The molecule has 0 heterocycles. The van der Waals surface area contributed by atoms with Crippen LogP contribution in [0.3, 0.4) is 0 Å². The Morgan fingerprint density at radius 1 is 1.07 bits per heavy atom. The van der Waals surface area contributed by atoms with Gasteiger partial charge in [-0.1, -0.05) is 29.3 Å². The Balaban J connectivity index is 2.01. The molecule has 0 N–H and O–H groups in total. The highest BCUT2D eigenvalue weighted by Crippen LogP contribution is 2.21. The van der Waals surface area contributed by atoms with Crippen LogP contribution in [0.1, 0.15) is 18.9 Å². The van der Waals surface area contributed by atoms with Gasteiger partial charge in [-0.25, -0.2) is 0 Å². The van der Waals surface area contributed by atoms with Crippen LogP contribution in [0, 0.1) is 13.3 Å². The lowest BCUT2D eigenvalue weighted by Gasteiger charge is -2.12. The van der Waals surface area contributed by atoms with Crippen molar-refractivity contribution in [2.24, 2.45) is 0 Å². The third-order valence-corrected chi connectivity index (χ3v) is 2.43. The second-order valence-corrected chi connectivity index (χ2v) is 3.87. The van der Waals surface area contributed by atoms with Crippen molar-refractivity contribution in [3.63, 3.8) is 0 Å². The van der Waals surface area contributed by atoms with Crippen molar-refractivity contribution in [3.8, 4) is 5.75 Å². The predicted octanol–water partition coefficient (Wildman–Crippen LogP) is 3.81. The molecule has 0 saturated carbocycles. The van der Waals surface area contributed by atoms with E-state index in [0.29, 0.717) is 0 Å². The third-order valence-electron chi connectivity index (χ3n) is 2.43. The molecule has 0 saturated heterocycles. The van der Waals surface area contributed by atoms with Gasteiger partial charge in [0.2, 0.25) is 0 Å². The zero-order chi connectivity index (χ0) is 10.7. The van der Waals surface area contributed by atoms with E-state index in [1.54, 1.807) is 0 Å². The van der Waals surface area contributed by atoms with Gasteiger partial charge in [-0.2, -0.15) is 0 Å². The van der Waals surface area contributed by atoms with Gasteiger partial charge in [-0.05, 0) is 32.1 Å². The first kappa shape index (κ1) is 10.0. The number of aryl methyl sites for hydroxylation is 1. The van der Waals surface area contributed by atoms with Gasteiger partial charge in [0.05, 0.1) is 0 Å². The van der Waals surface area contributed by atoms with E-state index in [1.807, 2.05) is 18.2 Å². The first-order valence-electron chi connectivity index (χ1n) is 5.19. The van der Waals surface area contributed by atoms with E-state index in [4.69, 9.17) is 4.74 Å². The Kier molecular flexibility index (Phi) is 2.91. The van der Waals surface area contributed by atoms with Gasteiger partial charge in [0, 0.05) is 12.8 Å². The van der Waals surface area contributed by atoms with E-state index < -0.39 is 0 Å². The summed E-state index contributed by atoms with van der Waals surface area (Å²) in [5.41, 5.74) is 2.55. The molecule has 15 heavy (non-hydrogen) atoms. The van der Waals surface area contributed by atoms with Crippen LogP contribution in [0.2, 0.25) is 0 Å². The second kappa shape index (κ2) is 4.35. The van der Waals surface area contributed by atoms with Crippen LogP contribution < -0.4 is 4.74 Å². The topological polar surface area (TPSA) is 9.23 Å². The van der Waals surface area contributed by atoms with Crippen LogP contribution in [0.5, 0.6) is 5.75 Å². The van der Waals surface area contributed by atoms with Crippen molar-refractivity contribution in [2.45, 2.75) is 20.3 Å². The molecule has 0 aromatic heterocycles. The molecule has 1 aliphatic carbocycles. The molecule has 1 heteroatoms. The van der Waals surface area contributed by atoms with E-state index in [-0.39, 0.29) is 0 Å². The molecule has 0 aliphatic heterocycles. The summed E-state index contributed by atoms with van der Waals surface area (Å²) < 4.78 is 5.74. The fourth-order valence-electron chi connectivity index (χ4n) is 1.46. The zero-order valence-corrected chi connectivity index (χ0v) is 9.16. The summed E-state index contributed by atoms with van der Waals surface area (Å²) in [6, 6.07) is 8.12. The summed E-state index contributed by atoms with van der Waals surface area (Å²) in [5, 5.41) is 0. The molecule has 0 spiro atoms. The molecule has 0 atom stereocenters. The minimum atomic E-state index is 0.885. The molecule has 1 aromatic carbocycles. The highest BCUT2D eigenvalue weighted by Gasteiger charge is 2.04. The summed E-state index contributed by atoms with van der Waals surface area (Å²) in [5.74, 6) is 1.91. The molecule has 0 unspecified atom stereocenters. The van der Waals surface area contributed by atoms with Crippen molar-refractivity contribution in [1.82, 2.24) is 0 Å². The third kappa shape index (κ3) is 2.72. The van der Waals surface area contributed by atoms with Crippen LogP contribution in [-0.4, -0.2) is 0 Å². The molecule has 0 amide bonds. The fraction of sp³-hybridized carbons (Fsp3) is 0.214. The molecular weight excluding hydrogens is 184 g/mol. The monoisotopic (exact) mass is 199 g/mol. The van der Waals surface area contributed by atoms with Crippen molar-refractivity contribution in [1.29, 1.82) is 0 Å². The molecule has 1 nitrogen and oxygen atoms in total. The normalized spacial score (nSPS) is 15.6. The van der Waals surface area contributed by atoms with Crippen LogP contribution in [0.15, 0.2) is 47.7 Å². The van der Waals surface area contributed by atoms with E-state index >= 15 is 0 Å². The smallest absolute Gasteiger partial charge is 0.126 e. The summed E-state index contributed by atoms with van der Waals surface area (Å²) in [6.45, 7) is 4.17. The van der Waals surface area contributed by atoms with Gasteiger partial charge in [0.25, 0.3) is 0 Å². The fourth-order valence-corrected chi connectivity index (χ4v) is 1.46. The Hall–Kier alpha value is -1.50. The minimum Gasteiger partial charge on any atom is -0.462 e. The van der Waals surface area contributed by atoms with Crippen molar-refractivity contribution in [2.75, 3.05) is 0 Å². The van der Waals surface area contributed by atoms with Crippen LogP contribution in [0.4, 0.5) is 0 Å². The Morgan fingerprint density at radius 2 is 1.80 bits per heavy atom. The van der Waals surface area contributed by atoms with Crippen LogP contribution in [-0.2, 0) is 0 Å². The van der Waals surface area contributed by atoms with Crippen LogP contribution in [0.25, 0.3) is 0 Å². The first-order valence-corrected chi connectivity index (χ1v) is 5.19. The summed E-state index contributed by atoms with van der Waals surface area (Å²) in [4.78, 5) is 0. The van der Waals surface area contributed by atoms with Crippen molar-refractivity contribution in [3.05, 3.63) is 59.7 Å². The molecule has 1 radical (unpaired) electrons. The van der Waals surface area contributed by atoms with Crippen molar-refractivity contribution >= 4 is 0 Å². The number of ether oxygens (including phenoxy) is 1. The SMILES string of the molecule is CC1=CCC(Oc2ccc(C)cc2)=C[CH]1. The molecule has 0 fully saturated rings. The Bertz CT molecular complexity index is 396. The van der Waals surface area contributed by atoms with Gasteiger partial charge in [-0.3, -0.25) is 0 Å². The average molecular weight is 199 g/mol. The Labute approximate surface area is 91.1 Å². The number of hydrogen-bond donors (Lipinski definition) is 0. The maximum Gasteiger partial charge on any atom is 0.126 e. The van der Waals surface area contributed by atoms with Gasteiger partial charge >= 0.3 is 0 Å². The van der Waals surface area contributed by atoms with Gasteiger partial charge < -0.3 is 4.74 Å². The lowest BCUT2D eigenvalue weighted by Crippen LogP contribution is -1.98. The maximum atomic E-state index is 5.74. The summed E-state index contributed by atoms with van der Waals surface area (Å²) in [7, 11) is 0. The number of rotatable bonds is 2. The lowest BCUT2D eigenvalue weighted by molar-refractivity contribution is 0.413. The van der Waals surface area contributed by atoms with Gasteiger partial charge in [0.15, 0.2) is 0 Å². The summed E-state index contributed by atoms with van der Waals surface area (Å²) in [6.07, 6.45) is 7.17. The van der Waals surface area contributed by atoms with Gasteiger partial charge in [0.1, 0.15) is 11.5 Å². The molecule has 2 rings (SSSR count). The number of hydrogen-bond acceptors (Lipinski definition) is 1. The number of benzene rings is 1. The molecule has 1 aromatic rings. The number of allylic oxidation sites excluding steroid dienone is 3. The van der Waals surface area contributed by atoms with E-state index in [1.165, 1.54) is 11.1 Å². The first-order chi connectivity index (χ1) is 7.24. The molecule has 1 aliphatic rings. The highest BCUT2D eigenvalue weighted by atomic mass is 16.5. The lowest BCUT2D eigenvalue weighted by atomic mass is 10.1. The summed E-state index contributed by atoms with van der Waals surface area (Å²) >= 11 is 0. The zero-order valence-electron chi connectivity index (χ0n) is 9.16. The second-order valence-electron chi connectivity index (χ2n) is 3.87. The molecule has 77 valence electrons. The van der Waals surface area contributed by atoms with Gasteiger partial charge in [-0.15, -0.1) is 0 Å². The average Bonchev–Trinajstić information content (AvgIpc) is 2.25.